The zero-order valence-electron chi connectivity index (χ0n) is 14.2. The minimum atomic E-state index is -3.57. The number of nitrogens with one attached hydrogen (secondary N) is 1. The summed E-state index contributed by atoms with van der Waals surface area (Å²) in [6.45, 7) is 10.1. The van der Waals surface area contributed by atoms with Crippen molar-refractivity contribution >= 4 is 15.9 Å². The number of sulfonamides is 1. The van der Waals surface area contributed by atoms with Gasteiger partial charge in [-0.2, -0.15) is 0 Å². The lowest BCUT2D eigenvalue weighted by molar-refractivity contribution is 0.0779. The minimum absolute atomic E-state index is 0.110. The second-order valence-electron chi connectivity index (χ2n) is 6.96. The number of carbonyl (C=O) groups excluding carboxylic acids is 1. The van der Waals surface area contributed by atoms with Crippen molar-refractivity contribution in [1.29, 1.82) is 0 Å². The maximum Gasteiger partial charge on any atom is 0.253 e. The smallest absolute Gasteiger partial charge is 0.253 e. The Morgan fingerprint density at radius 1 is 1.18 bits per heavy atom. The van der Waals surface area contributed by atoms with Gasteiger partial charge in [0.2, 0.25) is 10.0 Å². The topological polar surface area (TPSA) is 66.5 Å². The number of hydrogen-bond donors (Lipinski definition) is 1. The molecule has 0 saturated heterocycles. The first-order chi connectivity index (χ1) is 9.92. The van der Waals surface area contributed by atoms with Gasteiger partial charge < -0.3 is 4.90 Å². The van der Waals surface area contributed by atoms with E-state index in [1.165, 1.54) is 12.1 Å². The molecule has 1 rings (SSSR count). The second-order valence-corrected chi connectivity index (χ2v) is 8.64. The van der Waals surface area contributed by atoms with Crippen LogP contribution in [0.25, 0.3) is 0 Å². The fourth-order valence-electron chi connectivity index (χ4n) is 2.09. The molecule has 0 radical (unpaired) electrons. The monoisotopic (exact) mass is 326 g/mol. The third-order valence-electron chi connectivity index (χ3n) is 2.84. The molecule has 5 nitrogen and oxygen atoms in total. The van der Waals surface area contributed by atoms with Gasteiger partial charge in [0, 0.05) is 24.7 Å². The van der Waals surface area contributed by atoms with Crippen LogP contribution in [0.15, 0.2) is 29.2 Å². The molecule has 1 N–H and O–H groups in total. The van der Waals surface area contributed by atoms with Crippen LogP contribution in [0.2, 0.25) is 0 Å². The molecule has 0 unspecified atom stereocenters. The van der Waals surface area contributed by atoms with E-state index in [-0.39, 0.29) is 10.8 Å². The molecular formula is C16H26N2O3S. The lowest BCUT2D eigenvalue weighted by Gasteiger charge is -2.21. The van der Waals surface area contributed by atoms with Gasteiger partial charge in [0.25, 0.3) is 5.91 Å². The lowest BCUT2D eigenvalue weighted by Crippen LogP contribution is -2.40. The molecule has 124 valence electrons. The van der Waals surface area contributed by atoms with E-state index in [9.17, 15) is 13.2 Å². The van der Waals surface area contributed by atoms with Crippen LogP contribution < -0.4 is 4.72 Å². The maximum atomic E-state index is 12.2. The Balaban J connectivity index is 2.94. The van der Waals surface area contributed by atoms with Gasteiger partial charge in [-0.3, -0.25) is 4.79 Å². The molecule has 0 aliphatic heterocycles. The minimum Gasteiger partial charge on any atom is -0.341 e. The van der Waals surface area contributed by atoms with Gasteiger partial charge in [-0.1, -0.05) is 13.8 Å². The molecule has 1 aromatic rings. The Hall–Kier alpha value is -1.40. The molecule has 0 aromatic heterocycles. The normalized spacial score (nSPS) is 12.5. The van der Waals surface area contributed by atoms with Gasteiger partial charge in [0.15, 0.2) is 0 Å². The van der Waals surface area contributed by atoms with Crippen molar-refractivity contribution in [2.45, 2.75) is 45.1 Å². The van der Waals surface area contributed by atoms with E-state index in [0.29, 0.717) is 18.0 Å². The third kappa shape index (κ3) is 5.42. The van der Waals surface area contributed by atoms with Crippen LogP contribution in [-0.2, 0) is 10.0 Å². The highest BCUT2D eigenvalue weighted by atomic mass is 32.2. The number of rotatable bonds is 5. The fourth-order valence-corrected chi connectivity index (χ4v) is 3.51. The average Bonchev–Trinajstić information content (AvgIpc) is 2.34. The van der Waals surface area contributed by atoms with Crippen LogP contribution in [0.3, 0.4) is 0 Å². The molecule has 0 aliphatic carbocycles. The van der Waals surface area contributed by atoms with Crippen LogP contribution in [0.5, 0.6) is 0 Å². The Morgan fingerprint density at radius 2 is 1.68 bits per heavy atom. The van der Waals surface area contributed by atoms with Crippen molar-refractivity contribution in [2.75, 3.05) is 13.6 Å². The molecule has 0 bridgehead atoms. The summed E-state index contributed by atoms with van der Waals surface area (Å²) in [4.78, 5) is 14.0. The Morgan fingerprint density at radius 3 is 2.09 bits per heavy atom. The van der Waals surface area contributed by atoms with Gasteiger partial charge in [-0.05, 0) is 51.0 Å². The fraction of sp³-hybridized carbons (Fsp3) is 0.562. The molecule has 0 aliphatic rings. The summed E-state index contributed by atoms with van der Waals surface area (Å²) in [6.07, 6.45) is 0. The van der Waals surface area contributed by atoms with E-state index >= 15 is 0 Å². The largest absolute Gasteiger partial charge is 0.341 e. The first-order valence-electron chi connectivity index (χ1n) is 7.32. The van der Waals surface area contributed by atoms with Gasteiger partial charge in [-0.25, -0.2) is 13.1 Å². The summed E-state index contributed by atoms with van der Waals surface area (Å²) >= 11 is 0. The summed E-state index contributed by atoms with van der Waals surface area (Å²) in [5, 5.41) is 0. The first kappa shape index (κ1) is 18.6. The number of hydrogen-bond acceptors (Lipinski definition) is 3. The average molecular weight is 326 g/mol. The SMILES string of the molecule is CC(C)CN(C)C(=O)c1ccc(S(=O)(=O)NC(C)(C)C)cc1. The Bertz CT molecular complexity index is 614. The van der Waals surface area contributed by atoms with Crippen LogP contribution in [-0.4, -0.2) is 38.4 Å². The van der Waals surface area contributed by atoms with Crippen LogP contribution >= 0.6 is 0 Å². The van der Waals surface area contributed by atoms with Gasteiger partial charge in [-0.15, -0.1) is 0 Å². The molecule has 0 saturated carbocycles. The predicted molar refractivity (Wildman–Crippen MR) is 88.3 cm³/mol. The van der Waals surface area contributed by atoms with Crippen molar-refractivity contribution in [3.8, 4) is 0 Å². The Kier molecular flexibility index (Phi) is 5.76. The number of benzene rings is 1. The molecule has 1 amide bonds. The molecule has 0 heterocycles. The maximum absolute atomic E-state index is 12.2. The van der Waals surface area contributed by atoms with Gasteiger partial charge in [0.05, 0.1) is 4.90 Å². The highest BCUT2D eigenvalue weighted by Gasteiger charge is 2.22. The summed E-state index contributed by atoms with van der Waals surface area (Å²) in [5.41, 5.74) is -0.0667. The summed E-state index contributed by atoms with van der Waals surface area (Å²) in [6, 6.07) is 6.03. The van der Waals surface area contributed by atoms with Crippen LogP contribution in [0.1, 0.15) is 45.0 Å². The molecule has 0 fully saturated rings. The van der Waals surface area contributed by atoms with Gasteiger partial charge in [0.1, 0.15) is 0 Å². The number of carbonyl (C=O) groups is 1. The second kappa shape index (κ2) is 6.79. The van der Waals surface area contributed by atoms with E-state index in [1.54, 1.807) is 44.9 Å². The molecule has 0 spiro atoms. The highest BCUT2D eigenvalue weighted by molar-refractivity contribution is 7.89. The Labute approximate surface area is 133 Å². The summed E-state index contributed by atoms with van der Waals surface area (Å²) in [7, 11) is -1.83. The number of nitrogens with zero attached hydrogens (tertiary/aromatic N) is 1. The first-order valence-corrected chi connectivity index (χ1v) is 8.80. The molecule has 6 heteroatoms. The van der Waals surface area contributed by atoms with Crippen molar-refractivity contribution < 1.29 is 13.2 Å². The highest BCUT2D eigenvalue weighted by Crippen LogP contribution is 2.15. The summed E-state index contributed by atoms with van der Waals surface area (Å²) in [5.74, 6) is 0.269. The predicted octanol–water partition coefficient (Wildman–Crippen LogP) is 2.49. The zero-order valence-corrected chi connectivity index (χ0v) is 15.0. The molecule has 0 atom stereocenters. The zero-order chi connectivity index (χ0) is 17.1. The van der Waals surface area contributed by atoms with E-state index < -0.39 is 15.6 Å². The van der Waals surface area contributed by atoms with Crippen LogP contribution in [0, 0.1) is 5.92 Å². The molecule has 22 heavy (non-hydrogen) atoms. The van der Waals surface area contributed by atoms with Crippen molar-refractivity contribution in [3.05, 3.63) is 29.8 Å². The van der Waals surface area contributed by atoms with E-state index in [0.717, 1.165) is 0 Å². The lowest BCUT2D eigenvalue weighted by atomic mass is 10.1. The van der Waals surface area contributed by atoms with Crippen molar-refractivity contribution in [3.63, 3.8) is 0 Å². The van der Waals surface area contributed by atoms with E-state index in [4.69, 9.17) is 0 Å². The number of amides is 1. The van der Waals surface area contributed by atoms with E-state index in [1.807, 2.05) is 13.8 Å². The van der Waals surface area contributed by atoms with Crippen molar-refractivity contribution in [2.24, 2.45) is 5.92 Å². The quantitative estimate of drug-likeness (QED) is 0.904. The van der Waals surface area contributed by atoms with Gasteiger partial charge >= 0.3 is 0 Å². The van der Waals surface area contributed by atoms with Crippen LogP contribution in [0.4, 0.5) is 0 Å². The van der Waals surface area contributed by atoms with E-state index in [2.05, 4.69) is 4.72 Å². The molecular weight excluding hydrogens is 300 g/mol. The summed E-state index contributed by atoms with van der Waals surface area (Å²) < 4.78 is 27.0. The molecule has 1 aromatic carbocycles. The van der Waals surface area contributed by atoms with Crippen molar-refractivity contribution in [1.82, 2.24) is 9.62 Å². The third-order valence-corrected chi connectivity index (χ3v) is 4.61. The standard InChI is InChI=1S/C16H26N2O3S/c1-12(2)11-18(6)15(19)13-7-9-14(10-8-13)22(20,21)17-16(3,4)5/h7-10,12,17H,11H2,1-6H3.